The minimum absolute atomic E-state index is 0.0294. The van der Waals surface area contributed by atoms with E-state index >= 15 is 0 Å². The van der Waals surface area contributed by atoms with Gasteiger partial charge in [0.05, 0.1) is 33.0 Å². The fraction of sp³-hybridized carbons (Fsp3) is 0.0476. The van der Waals surface area contributed by atoms with Crippen LogP contribution in [0.25, 0.3) is 0 Å². The van der Waals surface area contributed by atoms with Gasteiger partial charge >= 0.3 is 0 Å². The van der Waals surface area contributed by atoms with Crippen LogP contribution in [0.1, 0.15) is 11.1 Å². The van der Waals surface area contributed by atoms with E-state index in [0.717, 1.165) is 0 Å². The smallest absolute Gasteiger partial charge is 0.238 e. The maximum atomic E-state index is 12.3. The van der Waals surface area contributed by atoms with E-state index in [4.69, 9.17) is 38.3 Å². The number of sulfonamides is 1. The molecule has 0 fully saturated rings. The molecule has 3 N–H and O–H groups in total. The first-order chi connectivity index (χ1) is 14.7. The van der Waals surface area contributed by atoms with Crippen molar-refractivity contribution < 1.29 is 17.9 Å². The van der Waals surface area contributed by atoms with Crippen LogP contribution in [0.3, 0.4) is 0 Å². The first-order valence-corrected chi connectivity index (χ1v) is 11.0. The number of nitrogens with one attached hydrogen (secondary N) is 1. The van der Waals surface area contributed by atoms with Crippen molar-refractivity contribution in [3.8, 4) is 17.6 Å². The molecule has 0 heterocycles. The number of primary sulfonamides is 1. The molecule has 0 aliphatic rings. The van der Waals surface area contributed by atoms with Crippen molar-refractivity contribution in [1.29, 1.82) is 5.26 Å². The minimum atomic E-state index is -3.80. The van der Waals surface area contributed by atoms with Gasteiger partial charge in [0.15, 0.2) is 0 Å². The Morgan fingerprint density at radius 3 is 2.32 bits per heavy atom. The topological polar surface area (TPSA) is 122 Å². The molecule has 10 heteroatoms. The van der Waals surface area contributed by atoms with E-state index in [9.17, 15) is 13.2 Å². The fourth-order valence-electron chi connectivity index (χ4n) is 2.63. The average Bonchev–Trinajstić information content (AvgIpc) is 2.71. The molecule has 7 nitrogen and oxygen atoms in total. The molecule has 31 heavy (non-hydrogen) atoms. The van der Waals surface area contributed by atoms with Crippen LogP contribution in [0.5, 0.6) is 11.5 Å². The van der Waals surface area contributed by atoms with Crippen molar-refractivity contribution >= 4 is 44.8 Å². The molecule has 0 atom stereocenters. The van der Waals surface area contributed by atoms with Crippen LogP contribution in [0.15, 0.2) is 65.6 Å². The van der Waals surface area contributed by atoms with Crippen LogP contribution in [0.4, 0.5) is 5.69 Å². The number of hydrogen-bond donors (Lipinski definition) is 2. The highest BCUT2D eigenvalue weighted by atomic mass is 35.5. The lowest BCUT2D eigenvalue weighted by molar-refractivity contribution is -0.115. The number of amides is 1. The summed E-state index contributed by atoms with van der Waals surface area (Å²) in [6, 6.07) is 17.0. The molecular formula is C21H15Cl2N3O4S. The van der Waals surface area contributed by atoms with Gasteiger partial charge in [-0.2, -0.15) is 5.26 Å². The van der Waals surface area contributed by atoms with Gasteiger partial charge in [0, 0.05) is 11.8 Å². The zero-order valence-electron chi connectivity index (χ0n) is 15.8. The molecule has 1 amide bonds. The van der Waals surface area contributed by atoms with Crippen molar-refractivity contribution in [3.63, 3.8) is 0 Å². The summed E-state index contributed by atoms with van der Waals surface area (Å²) in [5, 5.41) is 17.3. The molecule has 0 unspecified atom stereocenters. The lowest BCUT2D eigenvalue weighted by Crippen LogP contribution is -2.15. The number of ether oxygens (including phenoxy) is 1. The standard InChI is InChI=1S/C21H15Cl2N3O4S/c22-17-7-1-14(12-24)10-20(17)30-19-8-2-13(9-18(19)23)11-21(27)26-15-3-5-16(6-4-15)31(25,28)29/h1-10H,11H2,(H,26,27)(H2,25,28,29). The second-order valence-corrected chi connectivity index (χ2v) is 8.79. The number of carbonyl (C=O) groups is 1. The van der Waals surface area contributed by atoms with Gasteiger partial charge in [-0.3, -0.25) is 4.79 Å². The number of benzene rings is 3. The van der Waals surface area contributed by atoms with Gasteiger partial charge in [-0.1, -0.05) is 29.3 Å². The Hall–Kier alpha value is -3.09. The van der Waals surface area contributed by atoms with Crippen molar-refractivity contribution in [2.24, 2.45) is 5.14 Å². The summed E-state index contributed by atoms with van der Waals surface area (Å²) in [6.45, 7) is 0. The minimum Gasteiger partial charge on any atom is -0.454 e. The predicted octanol–water partition coefficient (Wildman–Crippen LogP) is 4.49. The van der Waals surface area contributed by atoms with E-state index in [1.807, 2.05) is 6.07 Å². The van der Waals surface area contributed by atoms with Gasteiger partial charge in [0.25, 0.3) is 0 Å². The second-order valence-electron chi connectivity index (χ2n) is 6.42. The number of nitrogens with zero attached hydrogens (tertiary/aromatic N) is 1. The Labute approximate surface area is 189 Å². The third-order valence-corrected chi connectivity index (χ3v) is 5.64. The van der Waals surface area contributed by atoms with Gasteiger partial charge in [-0.25, -0.2) is 13.6 Å². The van der Waals surface area contributed by atoms with Crippen LogP contribution in [-0.2, 0) is 21.2 Å². The van der Waals surface area contributed by atoms with Gasteiger partial charge in [0.1, 0.15) is 11.5 Å². The van der Waals surface area contributed by atoms with E-state index in [2.05, 4.69) is 5.32 Å². The zero-order valence-corrected chi connectivity index (χ0v) is 18.1. The highest BCUT2D eigenvalue weighted by Crippen LogP contribution is 2.34. The summed E-state index contributed by atoms with van der Waals surface area (Å²) in [4.78, 5) is 12.2. The summed E-state index contributed by atoms with van der Waals surface area (Å²) >= 11 is 12.4. The zero-order chi connectivity index (χ0) is 22.6. The summed E-state index contributed by atoms with van der Waals surface area (Å²) < 4.78 is 28.3. The molecule has 3 aromatic carbocycles. The molecule has 0 radical (unpaired) electrons. The largest absolute Gasteiger partial charge is 0.454 e. The Morgan fingerprint density at radius 1 is 1.00 bits per heavy atom. The fourth-order valence-corrected chi connectivity index (χ4v) is 3.54. The molecule has 0 aliphatic heterocycles. The van der Waals surface area contributed by atoms with Crippen LogP contribution in [-0.4, -0.2) is 14.3 Å². The molecule has 3 rings (SSSR count). The first-order valence-electron chi connectivity index (χ1n) is 8.74. The van der Waals surface area contributed by atoms with E-state index in [1.165, 1.54) is 30.3 Å². The normalized spacial score (nSPS) is 10.9. The summed E-state index contributed by atoms with van der Waals surface area (Å²) in [5.74, 6) is 0.287. The third-order valence-electron chi connectivity index (χ3n) is 4.11. The molecular weight excluding hydrogens is 461 g/mol. The molecule has 0 aliphatic carbocycles. The van der Waals surface area contributed by atoms with Gasteiger partial charge in [0.2, 0.25) is 15.9 Å². The number of hydrogen-bond acceptors (Lipinski definition) is 5. The summed E-state index contributed by atoms with van der Waals surface area (Å²) in [5.41, 5.74) is 1.45. The lowest BCUT2D eigenvalue weighted by Gasteiger charge is -2.11. The number of carbonyl (C=O) groups excluding carboxylic acids is 1. The average molecular weight is 476 g/mol. The molecule has 0 saturated carbocycles. The van der Waals surface area contributed by atoms with Gasteiger partial charge in [-0.05, 0) is 54.1 Å². The molecule has 0 spiro atoms. The van der Waals surface area contributed by atoms with Crippen molar-refractivity contribution in [1.82, 2.24) is 0 Å². The molecule has 0 saturated heterocycles. The van der Waals surface area contributed by atoms with Gasteiger partial charge < -0.3 is 10.1 Å². The van der Waals surface area contributed by atoms with E-state index in [-0.39, 0.29) is 28.0 Å². The number of nitriles is 1. The summed E-state index contributed by atoms with van der Waals surface area (Å²) in [6.07, 6.45) is 0.0294. The van der Waals surface area contributed by atoms with E-state index in [1.54, 1.807) is 30.3 Å². The number of rotatable bonds is 6. The Balaban J connectivity index is 1.67. The first kappa shape index (κ1) is 22.6. The third kappa shape index (κ3) is 5.96. The number of anilines is 1. The van der Waals surface area contributed by atoms with Crippen molar-refractivity contribution in [2.75, 3.05) is 5.32 Å². The van der Waals surface area contributed by atoms with Crippen LogP contribution < -0.4 is 15.2 Å². The van der Waals surface area contributed by atoms with Crippen molar-refractivity contribution in [2.45, 2.75) is 11.3 Å². The lowest BCUT2D eigenvalue weighted by atomic mass is 10.1. The maximum absolute atomic E-state index is 12.3. The number of halogens is 2. The number of nitrogens with two attached hydrogens (primary N) is 1. The Bertz CT molecular complexity index is 1290. The Morgan fingerprint density at radius 2 is 1.71 bits per heavy atom. The highest BCUT2D eigenvalue weighted by molar-refractivity contribution is 7.89. The maximum Gasteiger partial charge on any atom is 0.238 e. The monoisotopic (exact) mass is 475 g/mol. The second kappa shape index (κ2) is 9.37. The predicted molar refractivity (Wildman–Crippen MR) is 118 cm³/mol. The van der Waals surface area contributed by atoms with E-state index < -0.39 is 10.0 Å². The SMILES string of the molecule is N#Cc1ccc(Cl)c(Oc2ccc(CC(=O)Nc3ccc(S(N)(=O)=O)cc3)cc2Cl)c1. The quantitative estimate of drug-likeness (QED) is 0.543. The molecule has 158 valence electrons. The molecule has 0 aromatic heterocycles. The molecule has 0 bridgehead atoms. The van der Waals surface area contributed by atoms with Crippen LogP contribution in [0, 0.1) is 11.3 Å². The van der Waals surface area contributed by atoms with E-state index in [0.29, 0.717) is 27.6 Å². The van der Waals surface area contributed by atoms with Crippen molar-refractivity contribution in [3.05, 3.63) is 81.8 Å². The molecule has 3 aromatic rings. The summed E-state index contributed by atoms with van der Waals surface area (Å²) in [7, 11) is -3.80. The highest BCUT2D eigenvalue weighted by Gasteiger charge is 2.12. The van der Waals surface area contributed by atoms with Gasteiger partial charge in [-0.15, -0.1) is 0 Å². The van der Waals surface area contributed by atoms with Crippen LogP contribution in [0.2, 0.25) is 10.0 Å². The Kier molecular flexibility index (Phi) is 6.83. The van der Waals surface area contributed by atoms with Crippen LogP contribution >= 0.6 is 23.2 Å².